The number of carbonyl (C=O) groups excluding carboxylic acids is 1. The highest BCUT2D eigenvalue weighted by Gasteiger charge is 2.18. The smallest absolute Gasteiger partial charge is 0.336 e. The van der Waals surface area contributed by atoms with Crippen LogP contribution in [0.5, 0.6) is 0 Å². The minimum Gasteiger partial charge on any atom is -0.461 e. The molecule has 0 amide bonds. The van der Waals surface area contributed by atoms with Gasteiger partial charge in [0.25, 0.3) is 0 Å². The topological polar surface area (TPSA) is 90.6 Å². The van der Waals surface area contributed by atoms with E-state index in [2.05, 4.69) is 0 Å². The lowest BCUT2D eigenvalue weighted by molar-refractivity contribution is -0.144. The average molecular weight is 440 g/mol. The molecule has 1 aromatic heterocycles. The van der Waals surface area contributed by atoms with E-state index >= 15 is 0 Å². The molecule has 0 saturated carbocycles. The molecule has 0 atom stereocenters. The molecule has 6 nitrogen and oxygen atoms in total. The first-order valence-electron chi connectivity index (χ1n) is 9.42. The van der Waals surface area contributed by atoms with Gasteiger partial charge in [-0.15, -0.1) is 0 Å². The van der Waals surface area contributed by atoms with Crippen molar-refractivity contribution in [1.29, 1.82) is 0 Å². The molecule has 0 unspecified atom stereocenters. The largest absolute Gasteiger partial charge is 0.461 e. The summed E-state index contributed by atoms with van der Waals surface area (Å²) < 4.78 is 48.1. The number of carbonyl (C=O) groups is 1. The molecular weight excluding hydrogens is 423 g/mol. The molecule has 0 saturated heterocycles. The number of fused-ring (bicyclic) bond motifs is 3. The van der Waals surface area contributed by atoms with E-state index in [0.717, 1.165) is 35.0 Å². The first kappa shape index (κ1) is 20.7. The number of ether oxygens (including phenoxy) is 1. The second kappa shape index (κ2) is 8.31. The Hall–Kier alpha value is -3.52. The van der Waals surface area contributed by atoms with Crippen molar-refractivity contribution in [2.45, 2.75) is 17.9 Å². The first-order valence-corrected chi connectivity index (χ1v) is 11.1. The highest BCUT2D eigenvalue weighted by Crippen LogP contribution is 2.27. The Morgan fingerprint density at radius 2 is 1.74 bits per heavy atom. The molecule has 0 aliphatic carbocycles. The normalized spacial score (nSPS) is 11.6. The van der Waals surface area contributed by atoms with Gasteiger partial charge in [-0.3, -0.25) is 4.79 Å². The molecule has 31 heavy (non-hydrogen) atoms. The third-order valence-electron chi connectivity index (χ3n) is 4.85. The Kier molecular flexibility index (Phi) is 5.56. The van der Waals surface area contributed by atoms with E-state index < -0.39 is 33.0 Å². The standard InChI is InChI=1S/C23H17FO6S/c24-17-6-8-18(9-7-17)31(27,28)12-11-21(25)29-14-16-13-22(26)30-20-10-5-15-3-1-2-4-19(15)23(16)20/h1-10,13H,11-12,14H2. The van der Waals surface area contributed by atoms with Crippen LogP contribution in [0, 0.1) is 5.82 Å². The molecule has 3 aromatic carbocycles. The van der Waals surface area contributed by atoms with Gasteiger partial charge >= 0.3 is 11.6 Å². The third kappa shape index (κ3) is 4.49. The summed E-state index contributed by atoms with van der Waals surface area (Å²) in [6.45, 7) is -0.203. The van der Waals surface area contributed by atoms with Crippen LogP contribution in [0.2, 0.25) is 0 Å². The van der Waals surface area contributed by atoms with E-state index in [0.29, 0.717) is 16.5 Å². The molecule has 0 N–H and O–H groups in total. The fraction of sp³-hybridized carbons (Fsp3) is 0.130. The molecule has 4 rings (SSSR count). The van der Waals surface area contributed by atoms with Crippen molar-refractivity contribution in [1.82, 2.24) is 0 Å². The molecule has 0 aliphatic heterocycles. The summed E-state index contributed by atoms with van der Waals surface area (Å²) in [6.07, 6.45) is -0.375. The van der Waals surface area contributed by atoms with Gasteiger partial charge in [0.2, 0.25) is 0 Å². The Labute approximate surface area is 176 Å². The van der Waals surface area contributed by atoms with Crippen molar-refractivity contribution in [3.63, 3.8) is 0 Å². The minimum atomic E-state index is -3.76. The van der Waals surface area contributed by atoms with Crippen LogP contribution in [0.15, 0.2) is 80.8 Å². The Morgan fingerprint density at radius 3 is 2.52 bits per heavy atom. The monoisotopic (exact) mass is 440 g/mol. The maximum Gasteiger partial charge on any atom is 0.336 e. The number of hydrogen-bond acceptors (Lipinski definition) is 6. The fourth-order valence-electron chi connectivity index (χ4n) is 3.34. The van der Waals surface area contributed by atoms with Crippen molar-refractivity contribution in [2.24, 2.45) is 0 Å². The molecule has 0 radical (unpaired) electrons. The van der Waals surface area contributed by atoms with Gasteiger partial charge in [0.05, 0.1) is 17.1 Å². The summed E-state index contributed by atoms with van der Waals surface area (Å²) in [6, 6.07) is 16.7. The predicted molar refractivity (Wildman–Crippen MR) is 113 cm³/mol. The van der Waals surface area contributed by atoms with Crippen LogP contribution in [-0.2, 0) is 26.0 Å². The predicted octanol–water partition coefficient (Wildman–Crippen LogP) is 3.99. The summed E-state index contributed by atoms with van der Waals surface area (Å²) in [5.41, 5.74) is 0.265. The maximum atomic E-state index is 13.0. The molecule has 0 spiro atoms. The summed E-state index contributed by atoms with van der Waals surface area (Å²) in [5, 5.41) is 2.43. The van der Waals surface area contributed by atoms with Crippen LogP contribution in [0.25, 0.3) is 21.7 Å². The van der Waals surface area contributed by atoms with Crippen LogP contribution in [0.4, 0.5) is 4.39 Å². The van der Waals surface area contributed by atoms with Gasteiger partial charge in [-0.2, -0.15) is 0 Å². The highest BCUT2D eigenvalue weighted by molar-refractivity contribution is 7.91. The molecular formula is C23H17FO6S. The zero-order chi connectivity index (χ0) is 22.0. The van der Waals surface area contributed by atoms with E-state index in [-0.39, 0.29) is 17.9 Å². The van der Waals surface area contributed by atoms with E-state index in [1.54, 1.807) is 6.07 Å². The van der Waals surface area contributed by atoms with E-state index in [1.807, 2.05) is 30.3 Å². The summed E-state index contributed by atoms with van der Waals surface area (Å²) in [5.74, 6) is -1.75. The molecule has 158 valence electrons. The lowest BCUT2D eigenvalue weighted by Crippen LogP contribution is -2.14. The SMILES string of the molecule is O=C(CCS(=O)(=O)c1ccc(F)cc1)OCc1cc(=O)oc2ccc3ccccc3c12. The van der Waals surface area contributed by atoms with Crippen molar-refractivity contribution in [2.75, 3.05) is 5.75 Å². The minimum absolute atomic E-state index is 0.0696. The van der Waals surface area contributed by atoms with Gasteiger partial charge in [0, 0.05) is 17.0 Å². The molecule has 0 aliphatic rings. The fourth-order valence-corrected chi connectivity index (χ4v) is 4.56. The Bertz CT molecular complexity index is 1440. The van der Waals surface area contributed by atoms with E-state index in [1.165, 1.54) is 6.07 Å². The highest BCUT2D eigenvalue weighted by atomic mass is 32.2. The lowest BCUT2D eigenvalue weighted by atomic mass is 10.0. The van der Waals surface area contributed by atoms with Gasteiger partial charge < -0.3 is 9.15 Å². The number of halogens is 1. The third-order valence-corrected chi connectivity index (χ3v) is 6.58. The maximum absolute atomic E-state index is 13.0. The summed E-state index contributed by atoms with van der Waals surface area (Å²) >= 11 is 0. The summed E-state index contributed by atoms with van der Waals surface area (Å²) in [4.78, 5) is 24.0. The number of rotatable bonds is 6. The van der Waals surface area contributed by atoms with E-state index in [9.17, 15) is 22.4 Å². The molecule has 4 aromatic rings. The Balaban J connectivity index is 1.51. The van der Waals surface area contributed by atoms with Gasteiger partial charge in [-0.25, -0.2) is 17.6 Å². The second-order valence-corrected chi connectivity index (χ2v) is 9.04. The lowest BCUT2D eigenvalue weighted by Gasteiger charge is -2.10. The zero-order valence-electron chi connectivity index (χ0n) is 16.2. The number of benzene rings is 3. The van der Waals surface area contributed by atoms with Crippen LogP contribution in [0.3, 0.4) is 0 Å². The van der Waals surface area contributed by atoms with Gasteiger partial charge in [-0.05, 0) is 41.1 Å². The van der Waals surface area contributed by atoms with Crippen molar-refractivity contribution >= 4 is 37.5 Å². The average Bonchev–Trinajstić information content (AvgIpc) is 2.76. The number of esters is 1. The Morgan fingerprint density at radius 1 is 1.00 bits per heavy atom. The van der Waals surface area contributed by atoms with Gasteiger partial charge in [0.1, 0.15) is 18.0 Å². The van der Waals surface area contributed by atoms with Crippen LogP contribution < -0.4 is 5.63 Å². The van der Waals surface area contributed by atoms with Gasteiger partial charge in [0.15, 0.2) is 9.84 Å². The van der Waals surface area contributed by atoms with Crippen molar-refractivity contribution in [3.8, 4) is 0 Å². The first-order chi connectivity index (χ1) is 14.8. The van der Waals surface area contributed by atoms with Gasteiger partial charge in [-0.1, -0.05) is 30.3 Å². The molecule has 0 fully saturated rings. The number of sulfone groups is 1. The quantitative estimate of drug-likeness (QED) is 0.195. The molecule has 0 bridgehead atoms. The van der Waals surface area contributed by atoms with Crippen LogP contribution in [-0.4, -0.2) is 20.1 Å². The van der Waals surface area contributed by atoms with Crippen LogP contribution in [0.1, 0.15) is 12.0 Å². The van der Waals surface area contributed by atoms with Crippen molar-refractivity contribution in [3.05, 3.63) is 88.5 Å². The molecule has 1 heterocycles. The zero-order valence-corrected chi connectivity index (χ0v) is 17.0. The molecule has 8 heteroatoms. The summed E-state index contributed by atoms with van der Waals surface area (Å²) in [7, 11) is -3.76. The second-order valence-electron chi connectivity index (χ2n) is 6.93. The van der Waals surface area contributed by atoms with Crippen LogP contribution >= 0.6 is 0 Å². The van der Waals surface area contributed by atoms with E-state index in [4.69, 9.17) is 9.15 Å². The number of hydrogen-bond donors (Lipinski definition) is 0. The van der Waals surface area contributed by atoms with Crippen molar-refractivity contribution < 1.29 is 26.8 Å².